The lowest BCUT2D eigenvalue weighted by Gasteiger charge is -2.29. The van der Waals surface area contributed by atoms with E-state index in [1.165, 1.54) is 4.90 Å². The van der Waals surface area contributed by atoms with Crippen LogP contribution in [0.1, 0.15) is 32.6 Å². The molecule has 0 bridgehead atoms. The van der Waals surface area contributed by atoms with Gasteiger partial charge in [-0.3, -0.25) is 15.1 Å². The van der Waals surface area contributed by atoms with E-state index in [9.17, 15) is 18.0 Å². The Hall–Kier alpha value is -0.820. The number of rotatable bonds is 6. The Labute approximate surface area is 98.3 Å². The van der Waals surface area contributed by atoms with E-state index < -0.39 is 12.7 Å². The number of alkyl halides is 3. The van der Waals surface area contributed by atoms with Crippen LogP contribution in [-0.4, -0.2) is 35.6 Å². The monoisotopic (exact) mass is 253 g/mol. The number of hydrazine groups is 1. The number of nitrogens with one attached hydrogen (secondary N) is 1. The summed E-state index contributed by atoms with van der Waals surface area (Å²) < 4.78 is 37.1. The van der Waals surface area contributed by atoms with Gasteiger partial charge in [-0.1, -0.05) is 0 Å². The highest BCUT2D eigenvalue weighted by Crippen LogP contribution is 2.32. The van der Waals surface area contributed by atoms with Gasteiger partial charge in [0.15, 0.2) is 0 Å². The van der Waals surface area contributed by atoms with Gasteiger partial charge in [0.2, 0.25) is 5.91 Å². The van der Waals surface area contributed by atoms with Crippen molar-refractivity contribution in [2.24, 2.45) is 5.84 Å². The van der Waals surface area contributed by atoms with E-state index in [1.807, 2.05) is 5.43 Å². The first kappa shape index (κ1) is 14.2. The molecule has 0 aromatic carbocycles. The average Bonchev–Trinajstić information content (AvgIpc) is 3.04. The SMILES string of the molecule is CC(CCC(=O)NN)N(CC(F)(F)F)C1CC1. The van der Waals surface area contributed by atoms with Crippen LogP contribution in [0.3, 0.4) is 0 Å². The largest absolute Gasteiger partial charge is 0.401 e. The summed E-state index contributed by atoms with van der Waals surface area (Å²) in [6.45, 7) is 0.816. The summed E-state index contributed by atoms with van der Waals surface area (Å²) in [7, 11) is 0. The molecule has 0 aromatic heterocycles. The smallest absolute Gasteiger partial charge is 0.294 e. The van der Waals surface area contributed by atoms with Crippen molar-refractivity contribution in [1.82, 2.24) is 10.3 Å². The van der Waals surface area contributed by atoms with E-state index in [0.29, 0.717) is 6.42 Å². The summed E-state index contributed by atoms with van der Waals surface area (Å²) in [5, 5.41) is 0. The van der Waals surface area contributed by atoms with E-state index in [2.05, 4.69) is 0 Å². The van der Waals surface area contributed by atoms with Crippen LogP contribution in [0.15, 0.2) is 0 Å². The standard InChI is InChI=1S/C10H18F3N3O/c1-7(2-5-9(17)15-14)16(8-3-4-8)6-10(11,12)13/h7-8H,2-6,14H2,1H3,(H,15,17). The minimum Gasteiger partial charge on any atom is -0.294 e. The average molecular weight is 253 g/mol. The molecule has 1 fully saturated rings. The Morgan fingerprint density at radius 3 is 2.53 bits per heavy atom. The quantitative estimate of drug-likeness (QED) is 0.424. The molecule has 4 nitrogen and oxygen atoms in total. The van der Waals surface area contributed by atoms with E-state index >= 15 is 0 Å². The molecule has 0 aromatic rings. The highest BCUT2D eigenvalue weighted by Gasteiger charge is 2.40. The molecule has 1 atom stereocenters. The Kier molecular flexibility index (Phi) is 4.76. The molecule has 1 unspecified atom stereocenters. The zero-order valence-electron chi connectivity index (χ0n) is 9.76. The van der Waals surface area contributed by atoms with E-state index in [-0.39, 0.29) is 24.4 Å². The van der Waals surface area contributed by atoms with Crippen LogP contribution in [0, 0.1) is 0 Å². The second-order valence-corrected chi connectivity index (χ2v) is 4.47. The molecule has 0 radical (unpaired) electrons. The topological polar surface area (TPSA) is 58.4 Å². The number of nitrogens with zero attached hydrogens (tertiary/aromatic N) is 1. The van der Waals surface area contributed by atoms with Crippen LogP contribution in [-0.2, 0) is 4.79 Å². The van der Waals surface area contributed by atoms with Gasteiger partial charge in [0.1, 0.15) is 0 Å². The lowest BCUT2D eigenvalue weighted by molar-refractivity contribution is -0.152. The Bertz CT molecular complexity index is 266. The highest BCUT2D eigenvalue weighted by atomic mass is 19.4. The predicted molar refractivity (Wildman–Crippen MR) is 56.8 cm³/mol. The van der Waals surface area contributed by atoms with Gasteiger partial charge in [0.25, 0.3) is 0 Å². The Balaban J connectivity index is 2.43. The van der Waals surface area contributed by atoms with Crippen molar-refractivity contribution in [3.05, 3.63) is 0 Å². The Morgan fingerprint density at radius 1 is 1.53 bits per heavy atom. The molecule has 0 spiro atoms. The van der Waals surface area contributed by atoms with Crippen molar-refractivity contribution in [2.45, 2.75) is 50.9 Å². The second-order valence-electron chi connectivity index (χ2n) is 4.47. The molecule has 3 N–H and O–H groups in total. The molecule has 0 aliphatic heterocycles. The molecule has 0 heterocycles. The van der Waals surface area contributed by atoms with Crippen molar-refractivity contribution in [3.63, 3.8) is 0 Å². The first-order valence-electron chi connectivity index (χ1n) is 5.65. The van der Waals surface area contributed by atoms with Gasteiger partial charge >= 0.3 is 6.18 Å². The number of carbonyl (C=O) groups excluding carboxylic acids is 1. The van der Waals surface area contributed by atoms with Gasteiger partial charge in [0.05, 0.1) is 6.54 Å². The molecular weight excluding hydrogens is 235 g/mol. The van der Waals surface area contributed by atoms with Gasteiger partial charge in [-0.2, -0.15) is 13.2 Å². The van der Waals surface area contributed by atoms with E-state index in [1.54, 1.807) is 6.92 Å². The molecule has 17 heavy (non-hydrogen) atoms. The Morgan fingerprint density at radius 2 is 2.12 bits per heavy atom. The molecule has 0 saturated heterocycles. The molecule has 1 amide bonds. The summed E-state index contributed by atoms with van der Waals surface area (Å²) in [6, 6.07) is -0.242. The molecular formula is C10H18F3N3O. The summed E-state index contributed by atoms with van der Waals surface area (Å²) >= 11 is 0. The maximum absolute atomic E-state index is 12.4. The number of amides is 1. The molecule has 100 valence electrons. The van der Waals surface area contributed by atoms with E-state index in [4.69, 9.17) is 5.84 Å². The zero-order chi connectivity index (χ0) is 13.1. The summed E-state index contributed by atoms with van der Waals surface area (Å²) in [4.78, 5) is 12.4. The molecule has 1 aliphatic rings. The van der Waals surface area contributed by atoms with Crippen LogP contribution in [0.25, 0.3) is 0 Å². The fraction of sp³-hybridized carbons (Fsp3) is 0.900. The lowest BCUT2D eigenvalue weighted by Crippen LogP contribution is -2.42. The third-order valence-corrected chi connectivity index (χ3v) is 2.89. The van der Waals surface area contributed by atoms with Gasteiger partial charge in [-0.05, 0) is 26.2 Å². The summed E-state index contributed by atoms with van der Waals surface area (Å²) in [5.74, 6) is 4.57. The van der Waals surface area contributed by atoms with Crippen LogP contribution >= 0.6 is 0 Å². The van der Waals surface area contributed by atoms with Crippen LogP contribution in [0.5, 0.6) is 0 Å². The highest BCUT2D eigenvalue weighted by molar-refractivity contribution is 5.75. The lowest BCUT2D eigenvalue weighted by atomic mass is 10.1. The third-order valence-electron chi connectivity index (χ3n) is 2.89. The third kappa shape index (κ3) is 5.36. The zero-order valence-corrected chi connectivity index (χ0v) is 9.76. The number of hydrogen-bond acceptors (Lipinski definition) is 3. The molecule has 1 saturated carbocycles. The van der Waals surface area contributed by atoms with Gasteiger partial charge in [-0.25, -0.2) is 5.84 Å². The van der Waals surface area contributed by atoms with Gasteiger partial charge < -0.3 is 0 Å². The van der Waals surface area contributed by atoms with E-state index in [0.717, 1.165) is 12.8 Å². The normalized spacial score (nSPS) is 18.2. The van der Waals surface area contributed by atoms with Crippen molar-refractivity contribution < 1.29 is 18.0 Å². The number of hydrogen-bond donors (Lipinski definition) is 2. The molecule has 1 rings (SSSR count). The van der Waals surface area contributed by atoms with Crippen molar-refractivity contribution in [3.8, 4) is 0 Å². The number of halogens is 3. The van der Waals surface area contributed by atoms with Crippen LogP contribution in [0.2, 0.25) is 0 Å². The molecule has 1 aliphatic carbocycles. The van der Waals surface area contributed by atoms with Gasteiger partial charge in [0, 0.05) is 18.5 Å². The van der Waals surface area contributed by atoms with Crippen molar-refractivity contribution in [2.75, 3.05) is 6.54 Å². The molecule has 7 heteroatoms. The first-order chi connectivity index (χ1) is 7.83. The van der Waals surface area contributed by atoms with Gasteiger partial charge in [-0.15, -0.1) is 0 Å². The van der Waals surface area contributed by atoms with Crippen LogP contribution in [0.4, 0.5) is 13.2 Å². The number of carbonyl (C=O) groups is 1. The fourth-order valence-corrected chi connectivity index (χ4v) is 1.84. The summed E-state index contributed by atoms with van der Waals surface area (Å²) in [5.41, 5.74) is 1.97. The fourth-order valence-electron chi connectivity index (χ4n) is 1.84. The minimum atomic E-state index is -4.19. The predicted octanol–water partition coefficient (Wildman–Crippen LogP) is 1.17. The van der Waals surface area contributed by atoms with Crippen molar-refractivity contribution in [1.29, 1.82) is 0 Å². The number of nitrogens with two attached hydrogens (primary N) is 1. The minimum absolute atomic E-state index is 0.0209. The van der Waals surface area contributed by atoms with Crippen LogP contribution < -0.4 is 11.3 Å². The maximum Gasteiger partial charge on any atom is 0.401 e. The summed E-state index contributed by atoms with van der Waals surface area (Å²) in [6.07, 6.45) is -2.03. The second kappa shape index (κ2) is 5.68. The van der Waals surface area contributed by atoms with Crippen molar-refractivity contribution >= 4 is 5.91 Å². The first-order valence-corrected chi connectivity index (χ1v) is 5.65. The maximum atomic E-state index is 12.4.